The zero-order valence-electron chi connectivity index (χ0n) is 21.7. The fourth-order valence-electron chi connectivity index (χ4n) is 3.34. The second-order valence-electron chi connectivity index (χ2n) is 8.36. The van der Waals surface area contributed by atoms with Crippen molar-refractivity contribution in [2.75, 3.05) is 39.0 Å². The van der Waals surface area contributed by atoms with Gasteiger partial charge in [-0.3, -0.25) is 14.4 Å². The molecule has 3 rings (SSSR count). The van der Waals surface area contributed by atoms with Crippen LogP contribution in [-0.4, -0.2) is 76.1 Å². The lowest BCUT2D eigenvalue weighted by molar-refractivity contribution is -0.122. The van der Waals surface area contributed by atoms with Crippen LogP contribution in [0.1, 0.15) is 35.8 Å². The van der Waals surface area contributed by atoms with Crippen LogP contribution in [0.15, 0.2) is 29.3 Å². The van der Waals surface area contributed by atoms with Gasteiger partial charge in [0.05, 0.1) is 0 Å². The number of piperidine rings is 1. The molecule has 0 spiro atoms. The first kappa shape index (κ1) is 32.0. The molecule has 2 heterocycles. The number of aldehydes is 2. The predicted octanol–water partition coefficient (Wildman–Crippen LogP) is 1.85. The maximum atomic E-state index is 14.9. The van der Waals surface area contributed by atoms with Gasteiger partial charge in [-0.05, 0) is 77.3 Å². The number of rotatable bonds is 7. The fourth-order valence-corrected chi connectivity index (χ4v) is 4.77. The Labute approximate surface area is 216 Å². The highest BCUT2D eigenvalue weighted by molar-refractivity contribution is 7.89. The van der Waals surface area contributed by atoms with E-state index in [0.29, 0.717) is 18.4 Å². The Kier molecular flexibility index (Phi) is 13.2. The van der Waals surface area contributed by atoms with Crippen molar-refractivity contribution >= 4 is 34.2 Å². The van der Waals surface area contributed by atoms with E-state index in [1.54, 1.807) is 0 Å². The Morgan fingerprint density at radius 2 is 1.70 bits per heavy atom. The first-order valence-electron chi connectivity index (χ1n) is 11.6. The lowest BCUT2D eigenvalue weighted by Crippen LogP contribution is -2.43. The van der Waals surface area contributed by atoms with Gasteiger partial charge in [0.1, 0.15) is 16.4 Å². The van der Waals surface area contributed by atoms with Crippen LogP contribution in [0.5, 0.6) is 0 Å². The molecule has 13 heteroatoms. The molecule has 0 aliphatic carbocycles. The smallest absolute Gasteiger partial charge is 0.275 e. The molecule has 2 aromatic rings. The van der Waals surface area contributed by atoms with Crippen molar-refractivity contribution < 1.29 is 31.6 Å². The molecule has 1 saturated heterocycles. The van der Waals surface area contributed by atoms with Gasteiger partial charge < -0.3 is 20.1 Å². The number of benzene rings is 1. The van der Waals surface area contributed by atoms with Crippen LogP contribution in [0.25, 0.3) is 0 Å². The quantitative estimate of drug-likeness (QED) is 0.359. The van der Waals surface area contributed by atoms with Crippen molar-refractivity contribution in [1.82, 2.24) is 19.5 Å². The van der Waals surface area contributed by atoms with Gasteiger partial charge in [0.25, 0.3) is 5.91 Å². The average Bonchev–Trinajstić information content (AvgIpc) is 3.17. The number of carbonyl (C=O) groups is 3. The minimum absolute atomic E-state index is 0.194. The molecule has 1 amide bonds. The minimum atomic E-state index is -4.12. The molecule has 0 saturated carbocycles. The lowest BCUT2D eigenvalue weighted by Gasteiger charge is -2.29. The number of aryl methyl sites for hydroxylation is 2. The zero-order valence-corrected chi connectivity index (χ0v) is 22.5. The van der Waals surface area contributed by atoms with Gasteiger partial charge in [-0.15, -0.1) is 0 Å². The summed E-state index contributed by atoms with van der Waals surface area (Å²) in [4.78, 5) is 31.7. The topological polar surface area (TPSA) is 130 Å². The monoisotopic (exact) mass is 543 g/mol. The van der Waals surface area contributed by atoms with Crippen LogP contribution in [-0.2, 0) is 26.7 Å². The molecule has 206 valence electrons. The second-order valence-corrected chi connectivity index (χ2v) is 10.0. The molecule has 1 fully saturated rings. The van der Waals surface area contributed by atoms with Gasteiger partial charge in [0, 0.05) is 25.0 Å². The van der Waals surface area contributed by atoms with Crippen LogP contribution in [0.4, 0.5) is 14.5 Å². The fraction of sp³-hybridized carbons (Fsp3) is 0.458. The van der Waals surface area contributed by atoms with E-state index in [1.165, 1.54) is 32.2 Å². The second kappa shape index (κ2) is 15.3. The van der Waals surface area contributed by atoms with Crippen LogP contribution in [0, 0.1) is 18.6 Å². The van der Waals surface area contributed by atoms with Crippen LogP contribution >= 0.6 is 0 Å². The third kappa shape index (κ3) is 9.76. The molecule has 1 aliphatic heterocycles. The van der Waals surface area contributed by atoms with Crippen molar-refractivity contribution in [3.8, 4) is 0 Å². The molecule has 1 aliphatic rings. The Hall–Kier alpha value is -3.00. The summed E-state index contributed by atoms with van der Waals surface area (Å²) in [6.45, 7) is 6.16. The standard InChI is InChI=1S/C19H24F2N4O3S.C3H9N.C2H2O2/c1-12-10-14(4-5-15(12)20)22-19(26)18-17(21)16(11-25(18)3)29(27,28)23-13-6-8-24(2)9-7-13;1-3-4-2;3-1-2-4/h4-5,10-11,13,23H,6-9H2,1-3H3,(H,22,26);4H,3H2,1-2H3;1-2H. The SMILES string of the molecule is CCNC.Cc1cc(NC(=O)c2c(F)c(S(=O)(=O)NC3CCN(C)CC3)cn2C)ccc1F.O=CC=O. The number of anilines is 1. The Balaban J connectivity index is 0.000000751. The third-order valence-corrected chi connectivity index (χ3v) is 6.97. The summed E-state index contributed by atoms with van der Waals surface area (Å²) in [6, 6.07) is 3.66. The van der Waals surface area contributed by atoms with E-state index in [9.17, 15) is 22.0 Å². The highest BCUT2D eigenvalue weighted by Gasteiger charge is 2.31. The molecule has 0 unspecified atom stereocenters. The number of nitrogens with zero attached hydrogens (tertiary/aromatic N) is 2. The number of nitrogens with one attached hydrogen (secondary N) is 3. The first-order chi connectivity index (χ1) is 17.4. The van der Waals surface area contributed by atoms with Gasteiger partial charge in [-0.2, -0.15) is 0 Å². The van der Waals surface area contributed by atoms with E-state index in [0.717, 1.165) is 30.4 Å². The van der Waals surface area contributed by atoms with Crippen LogP contribution < -0.4 is 15.4 Å². The van der Waals surface area contributed by atoms with E-state index < -0.39 is 38.2 Å². The number of sulfonamides is 1. The summed E-state index contributed by atoms with van der Waals surface area (Å²) < 4.78 is 57.3. The van der Waals surface area contributed by atoms with E-state index in [2.05, 4.69) is 27.2 Å². The maximum Gasteiger partial charge on any atom is 0.275 e. The summed E-state index contributed by atoms with van der Waals surface area (Å²) in [5.74, 6) is -2.37. The predicted molar refractivity (Wildman–Crippen MR) is 137 cm³/mol. The third-order valence-electron chi connectivity index (χ3n) is 5.46. The Bertz CT molecular complexity index is 1150. The molecule has 0 bridgehead atoms. The van der Waals surface area contributed by atoms with Crippen LogP contribution in [0.3, 0.4) is 0 Å². The number of halogens is 2. The number of hydrogen-bond acceptors (Lipinski definition) is 7. The van der Waals surface area contributed by atoms with Crippen LogP contribution in [0.2, 0.25) is 0 Å². The first-order valence-corrected chi connectivity index (χ1v) is 13.1. The summed E-state index contributed by atoms with van der Waals surface area (Å²) in [5, 5.41) is 5.40. The molecule has 37 heavy (non-hydrogen) atoms. The molecule has 3 N–H and O–H groups in total. The van der Waals surface area contributed by atoms with Gasteiger partial charge >= 0.3 is 0 Å². The van der Waals surface area contributed by atoms with Gasteiger partial charge in [-0.25, -0.2) is 21.9 Å². The molecule has 10 nitrogen and oxygen atoms in total. The lowest BCUT2D eigenvalue weighted by atomic mass is 10.1. The van der Waals surface area contributed by atoms with E-state index in [4.69, 9.17) is 9.59 Å². The van der Waals surface area contributed by atoms with Gasteiger partial charge in [0.2, 0.25) is 10.0 Å². The summed E-state index contributed by atoms with van der Waals surface area (Å²) in [7, 11) is 1.15. The van der Waals surface area contributed by atoms with Gasteiger partial charge in [-0.1, -0.05) is 6.92 Å². The highest BCUT2D eigenvalue weighted by atomic mass is 32.2. The largest absolute Gasteiger partial charge is 0.343 e. The molecular formula is C24H35F2N5O5S. The van der Waals surface area contributed by atoms with E-state index in [1.807, 2.05) is 14.1 Å². The molecule has 1 aromatic heterocycles. The van der Waals surface area contributed by atoms with Crippen molar-refractivity contribution in [2.24, 2.45) is 7.05 Å². The average molecular weight is 544 g/mol. The zero-order chi connectivity index (χ0) is 28.2. The Morgan fingerprint density at radius 3 is 2.19 bits per heavy atom. The maximum absolute atomic E-state index is 14.9. The van der Waals surface area contributed by atoms with E-state index in [-0.39, 0.29) is 24.3 Å². The number of hydrogen-bond donors (Lipinski definition) is 3. The van der Waals surface area contributed by atoms with Crippen molar-refractivity contribution in [3.05, 3.63) is 47.3 Å². The summed E-state index contributed by atoms with van der Waals surface area (Å²) >= 11 is 0. The summed E-state index contributed by atoms with van der Waals surface area (Å²) in [6.07, 6.45) is 2.72. The summed E-state index contributed by atoms with van der Waals surface area (Å²) in [5.41, 5.74) is 0.180. The number of carbonyl (C=O) groups excluding carboxylic acids is 3. The molecular weight excluding hydrogens is 508 g/mol. The van der Waals surface area contributed by atoms with Crippen molar-refractivity contribution in [1.29, 1.82) is 0 Å². The molecule has 0 atom stereocenters. The minimum Gasteiger partial charge on any atom is -0.343 e. The Morgan fingerprint density at radius 1 is 1.14 bits per heavy atom. The number of amides is 1. The number of aromatic nitrogens is 1. The normalized spacial score (nSPS) is 14.0. The van der Waals surface area contributed by atoms with E-state index >= 15 is 0 Å². The molecule has 0 radical (unpaired) electrons. The van der Waals surface area contributed by atoms with Crippen molar-refractivity contribution in [2.45, 2.75) is 37.6 Å². The highest BCUT2D eigenvalue weighted by Crippen LogP contribution is 2.23. The van der Waals surface area contributed by atoms with Gasteiger partial charge in [0.15, 0.2) is 18.4 Å². The number of likely N-dealkylation sites (tertiary alicyclic amines) is 1. The molecule has 1 aromatic carbocycles. The van der Waals surface area contributed by atoms with Crippen molar-refractivity contribution in [3.63, 3.8) is 0 Å².